The Kier molecular flexibility index (Phi) is 6.64. The third kappa shape index (κ3) is 4.50. The molecule has 0 radical (unpaired) electrons. The number of phenolic OH excluding ortho intramolecular Hbond substituents is 1. The Hall–Kier alpha value is -3.66. The Bertz CT molecular complexity index is 1160. The van der Waals surface area contributed by atoms with Crippen LogP contribution in [-0.2, 0) is 9.53 Å². The van der Waals surface area contributed by atoms with Gasteiger partial charge in [0.1, 0.15) is 23.7 Å². The number of aromatic hydroxyl groups is 1. The van der Waals surface area contributed by atoms with Gasteiger partial charge in [0, 0.05) is 30.5 Å². The molecule has 4 N–H and O–H groups in total. The standard InChI is InChI=1S/C22H25FN4O5/c1-12-16(28)6-5-14(23)19(12)27-20-13-9-17(31-4)18(10-15(13)25-11-26-20)32-22(2,21(24)29)7-8-30-3/h5-6,9-11,28H,7-8H2,1-4H3,(H2,24,29)(H,25,26,27). The molecule has 0 spiro atoms. The Morgan fingerprint density at radius 2 is 2.00 bits per heavy atom. The molecule has 1 atom stereocenters. The van der Waals surface area contributed by atoms with Crippen LogP contribution < -0.4 is 20.5 Å². The zero-order valence-electron chi connectivity index (χ0n) is 18.2. The van der Waals surface area contributed by atoms with Gasteiger partial charge in [0.05, 0.1) is 24.9 Å². The number of hydrogen-bond donors (Lipinski definition) is 3. The number of primary amides is 1. The predicted molar refractivity (Wildman–Crippen MR) is 117 cm³/mol. The van der Waals surface area contributed by atoms with E-state index in [9.17, 15) is 14.3 Å². The van der Waals surface area contributed by atoms with Crippen LogP contribution in [0.1, 0.15) is 18.9 Å². The van der Waals surface area contributed by atoms with Crippen LogP contribution in [0.4, 0.5) is 15.9 Å². The Morgan fingerprint density at radius 3 is 2.66 bits per heavy atom. The molecule has 3 aromatic rings. The highest BCUT2D eigenvalue weighted by Crippen LogP contribution is 2.38. The van der Waals surface area contributed by atoms with Gasteiger partial charge in [-0.15, -0.1) is 0 Å². The number of benzene rings is 2. The molecule has 3 rings (SSSR count). The van der Waals surface area contributed by atoms with E-state index in [0.29, 0.717) is 28.0 Å². The fraction of sp³-hybridized carbons (Fsp3) is 0.318. The van der Waals surface area contributed by atoms with E-state index in [-0.39, 0.29) is 30.2 Å². The molecule has 10 heteroatoms. The van der Waals surface area contributed by atoms with Gasteiger partial charge in [0.15, 0.2) is 17.1 Å². The normalized spacial score (nSPS) is 12.9. The number of ether oxygens (including phenoxy) is 3. The van der Waals surface area contributed by atoms with Gasteiger partial charge >= 0.3 is 0 Å². The molecule has 1 heterocycles. The molecule has 1 unspecified atom stereocenters. The maximum Gasteiger partial charge on any atom is 0.261 e. The number of carbonyl (C=O) groups is 1. The summed E-state index contributed by atoms with van der Waals surface area (Å²) in [4.78, 5) is 20.5. The van der Waals surface area contributed by atoms with Crippen LogP contribution in [0.25, 0.3) is 10.9 Å². The molecule has 170 valence electrons. The highest BCUT2D eigenvalue weighted by Gasteiger charge is 2.34. The second-order valence-corrected chi connectivity index (χ2v) is 7.37. The number of nitrogens with one attached hydrogen (secondary N) is 1. The first-order valence-corrected chi connectivity index (χ1v) is 9.76. The molecule has 9 nitrogen and oxygen atoms in total. The van der Waals surface area contributed by atoms with Crippen molar-refractivity contribution in [3.63, 3.8) is 0 Å². The van der Waals surface area contributed by atoms with Crippen molar-refractivity contribution in [1.29, 1.82) is 0 Å². The highest BCUT2D eigenvalue weighted by atomic mass is 19.1. The second kappa shape index (κ2) is 9.23. The monoisotopic (exact) mass is 444 g/mol. The average Bonchev–Trinajstić information content (AvgIpc) is 2.77. The van der Waals surface area contributed by atoms with Crippen molar-refractivity contribution in [2.75, 3.05) is 26.1 Å². The molecule has 0 aliphatic heterocycles. The Morgan fingerprint density at radius 1 is 1.25 bits per heavy atom. The first-order valence-electron chi connectivity index (χ1n) is 9.76. The number of anilines is 2. The summed E-state index contributed by atoms with van der Waals surface area (Å²) in [6.45, 7) is 3.42. The molecule has 0 saturated heterocycles. The van der Waals surface area contributed by atoms with Gasteiger partial charge in [0.2, 0.25) is 0 Å². The van der Waals surface area contributed by atoms with Crippen molar-refractivity contribution in [1.82, 2.24) is 9.97 Å². The summed E-state index contributed by atoms with van der Waals surface area (Å²) in [5.74, 6) is -0.409. The molecule has 2 aromatic carbocycles. The van der Waals surface area contributed by atoms with E-state index in [2.05, 4.69) is 15.3 Å². The van der Waals surface area contributed by atoms with Crippen molar-refractivity contribution in [3.8, 4) is 17.2 Å². The number of carbonyl (C=O) groups excluding carboxylic acids is 1. The number of phenols is 1. The van der Waals surface area contributed by atoms with Crippen molar-refractivity contribution in [2.45, 2.75) is 25.9 Å². The zero-order chi connectivity index (χ0) is 23.5. The summed E-state index contributed by atoms with van der Waals surface area (Å²) >= 11 is 0. The number of methoxy groups -OCH3 is 2. The number of fused-ring (bicyclic) bond motifs is 1. The topological polar surface area (TPSA) is 129 Å². The van der Waals surface area contributed by atoms with E-state index >= 15 is 0 Å². The third-order valence-electron chi connectivity index (χ3n) is 5.19. The van der Waals surface area contributed by atoms with E-state index in [1.165, 1.54) is 26.6 Å². The number of hydrogen-bond acceptors (Lipinski definition) is 8. The van der Waals surface area contributed by atoms with Gasteiger partial charge in [-0.2, -0.15) is 0 Å². The van der Waals surface area contributed by atoms with Crippen molar-refractivity contribution < 1.29 is 28.5 Å². The molecule has 0 aliphatic carbocycles. The fourth-order valence-corrected chi connectivity index (χ4v) is 3.11. The van der Waals surface area contributed by atoms with E-state index in [1.807, 2.05) is 0 Å². The maximum atomic E-state index is 14.4. The summed E-state index contributed by atoms with van der Waals surface area (Å²) < 4.78 is 30.8. The van der Waals surface area contributed by atoms with Gasteiger partial charge in [-0.05, 0) is 32.0 Å². The first kappa shape index (κ1) is 23.0. The quantitative estimate of drug-likeness (QED) is 0.459. The highest BCUT2D eigenvalue weighted by molar-refractivity contribution is 5.93. The second-order valence-electron chi connectivity index (χ2n) is 7.37. The summed E-state index contributed by atoms with van der Waals surface area (Å²) in [7, 11) is 2.96. The molecule has 0 saturated carbocycles. The van der Waals surface area contributed by atoms with Crippen LogP contribution in [0.5, 0.6) is 17.2 Å². The van der Waals surface area contributed by atoms with E-state index in [0.717, 1.165) is 6.07 Å². The predicted octanol–water partition coefficient (Wildman–Crippen LogP) is 3.19. The summed E-state index contributed by atoms with van der Waals surface area (Å²) in [6, 6.07) is 5.63. The van der Waals surface area contributed by atoms with Gasteiger partial charge in [-0.25, -0.2) is 14.4 Å². The SMILES string of the molecule is COCCC(C)(Oc1cc2ncnc(Nc3c(F)ccc(O)c3C)c2cc1OC)C(N)=O. The lowest BCUT2D eigenvalue weighted by molar-refractivity contribution is -0.133. The smallest absolute Gasteiger partial charge is 0.261 e. The van der Waals surface area contributed by atoms with Gasteiger partial charge in [-0.1, -0.05) is 0 Å². The summed E-state index contributed by atoms with van der Waals surface area (Å²) in [5.41, 5.74) is 5.10. The molecule has 1 amide bonds. The van der Waals surface area contributed by atoms with Gasteiger partial charge in [0.25, 0.3) is 5.91 Å². The summed E-state index contributed by atoms with van der Waals surface area (Å²) in [6.07, 6.45) is 1.53. The number of nitrogens with zero attached hydrogens (tertiary/aromatic N) is 2. The molecule has 0 bridgehead atoms. The molecule has 0 aliphatic rings. The van der Waals surface area contributed by atoms with Crippen molar-refractivity contribution >= 4 is 28.3 Å². The number of amides is 1. The van der Waals surface area contributed by atoms with Crippen LogP contribution in [0.3, 0.4) is 0 Å². The van der Waals surface area contributed by atoms with E-state index in [1.54, 1.807) is 26.0 Å². The lowest BCUT2D eigenvalue weighted by Gasteiger charge is -2.28. The van der Waals surface area contributed by atoms with Gasteiger partial charge in [-0.3, -0.25) is 4.79 Å². The Labute approximate surface area is 184 Å². The van der Waals surface area contributed by atoms with Gasteiger partial charge < -0.3 is 30.4 Å². The number of halogens is 1. The average molecular weight is 444 g/mol. The molecule has 0 fully saturated rings. The van der Waals surface area contributed by atoms with E-state index in [4.69, 9.17) is 19.9 Å². The minimum Gasteiger partial charge on any atom is -0.508 e. The van der Waals surface area contributed by atoms with Crippen LogP contribution in [0.2, 0.25) is 0 Å². The van der Waals surface area contributed by atoms with Crippen LogP contribution in [0.15, 0.2) is 30.6 Å². The van der Waals surface area contributed by atoms with Crippen molar-refractivity contribution in [2.24, 2.45) is 5.73 Å². The van der Waals surface area contributed by atoms with Crippen LogP contribution in [0, 0.1) is 12.7 Å². The van der Waals surface area contributed by atoms with E-state index < -0.39 is 17.3 Å². The number of nitrogens with two attached hydrogens (primary N) is 1. The summed E-state index contributed by atoms with van der Waals surface area (Å²) in [5, 5.41) is 13.4. The minimum atomic E-state index is -1.34. The fourth-order valence-electron chi connectivity index (χ4n) is 3.11. The number of rotatable bonds is 9. The Balaban J connectivity index is 2.06. The largest absolute Gasteiger partial charge is 0.508 e. The molecular weight excluding hydrogens is 419 g/mol. The lowest BCUT2D eigenvalue weighted by atomic mass is 10.0. The zero-order valence-corrected chi connectivity index (χ0v) is 18.2. The van der Waals surface area contributed by atoms with Crippen LogP contribution in [-0.4, -0.2) is 47.4 Å². The molecule has 32 heavy (non-hydrogen) atoms. The number of aromatic nitrogens is 2. The van der Waals surface area contributed by atoms with Crippen molar-refractivity contribution in [3.05, 3.63) is 42.0 Å². The molecular formula is C22H25FN4O5. The first-order chi connectivity index (χ1) is 15.2. The lowest BCUT2D eigenvalue weighted by Crippen LogP contribution is -2.47. The third-order valence-corrected chi connectivity index (χ3v) is 5.19. The maximum absolute atomic E-state index is 14.4. The molecule has 1 aromatic heterocycles. The van der Waals surface area contributed by atoms with Crippen LogP contribution >= 0.6 is 0 Å². The minimum absolute atomic E-state index is 0.0534.